The molecule has 1 aromatic heterocycles. The second-order valence-electron chi connectivity index (χ2n) is 5.84. The molecule has 1 saturated heterocycles. The molecular formula is C17H20FN3OS. The molecule has 4 nitrogen and oxygen atoms in total. The van der Waals surface area contributed by atoms with Gasteiger partial charge in [0.25, 0.3) is 0 Å². The number of thiazole rings is 1. The molecule has 1 aliphatic heterocycles. The lowest BCUT2D eigenvalue weighted by atomic mass is 10.1. The number of benzene rings is 1. The van der Waals surface area contributed by atoms with Gasteiger partial charge in [0, 0.05) is 11.9 Å². The van der Waals surface area contributed by atoms with Crippen LogP contribution in [0.2, 0.25) is 0 Å². The molecule has 0 unspecified atom stereocenters. The molecule has 23 heavy (non-hydrogen) atoms. The third kappa shape index (κ3) is 4.84. The molecule has 6 heteroatoms. The normalized spacial score (nSPS) is 15.5. The lowest BCUT2D eigenvalue weighted by Crippen LogP contribution is -2.29. The van der Waals surface area contributed by atoms with Crippen molar-refractivity contribution in [3.8, 4) is 0 Å². The summed E-state index contributed by atoms with van der Waals surface area (Å²) in [4.78, 5) is 18.9. The summed E-state index contributed by atoms with van der Waals surface area (Å²) in [5.74, 6) is -0.497. The summed E-state index contributed by atoms with van der Waals surface area (Å²) in [5.41, 5.74) is 1.66. The average molecular weight is 333 g/mol. The van der Waals surface area contributed by atoms with Crippen molar-refractivity contribution < 1.29 is 9.18 Å². The minimum atomic E-state index is -0.326. The predicted octanol–water partition coefficient (Wildman–Crippen LogP) is 3.45. The summed E-state index contributed by atoms with van der Waals surface area (Å²) in [5, 5.41) is 5.40. The van der Waals surface area contributed by atoms with E-state index in [0.29, 0.717) is 10.7 Å². The molecule has 0 spiro atoms. The van der Waals surface area contributed by atoms with Crippen molar-refractivity contribution in [1.29, 1.82) is 0 Å². The minimum absolute atomic E-state index is 0.152. The van der Waals surface area contributed by atoms with Crippen LogP contribution >= 0.6 is 11.3 Å². The number of nitrogens with zero attached hydrogens (tertiary/aromatic N) is 2. The minimum Gasteiger partial charge on any atom is -0.302 e. The lowest BCUT2D eigenvalue weighted by molar-refractivity contribution is -0.115. The maximum absolute atomic E-state index is 13.1. The van der Waals surface area contributed by atoms with Gasteiger partial charge in [-0.2, -0.15) is 0 Å². The molecule has 3 rings (SSSR count). The van der Waals surface area contributed by atoms with Crippen molar-refractivity contribution in [3.05, 3.63) is 46.7 Å². The van der Waals surface area contributed by atoms with Crippen LogP contribution in [0.25, 0.3) is 0 Å². The number of amides is 1. The Morgan fingerprint density at radius 3 is 2.91 bits per heavy atom. The third-order valence-electron chi connectivity index (χ3n) is 3.89. The zero-order valence-electron chi connectivity index (χ0n) is 12.9. The van der Waals surface area contributed by atoms with Gasteiger partial charge in [0.05, 0.1) is 12.1 Å². The number of hydrogen-bond acceptors (Lipinski definition) is 4. The van der Waals surface area contributed by atoms with Gasteiger partial charge in [-0.1, -0.05) is 18.6 Å². The van der Waals surface area contributed by atoms with Crippen molar-refractivity contribution in [1.82, 2.24) is 9.88 Å². The summed E-state index contributed by atoms with van der Waals surface area (Å²) in [7, 11) is 0. The van der Waals surface area contributed by atoms with Gasteiger partial charge in [-0.15, -0.1) is 11.3 Å². The van der Waals surface area contributed by atoms with Gasteiger partial charge in [-0.05, 0) is 43.6 Å². The number of piperidine rings is 1. The molecule has 2 aromatic rings. The van der Waals surface area contributed by atoms with Crippen molar-refractivity contribution in [2.75, 3.05) is 18.4 Å². The first kappa shape index (κ1) is 16.1. The number of aromatic nitrogens is 1. The largest absolute Gasteiger partial charge is 0.302 e. The van der Waals surface area contributed by atoms with Gasteiger partial charge < -0.3 is 5.32 Å². The zero-order chi connectivity index (χ0) is 16.1. The predicted molar refractivity (Wildman–Crippen MR) is 90.0 cm³/mol. The van der Waals surface area contributed by atoms with Gasteiger partial charge in [0.15, 0.2) is 5.13 Å². The highest BCUT2D eigenvalue weighted by molar-refractivity contribution is 7.13. The van der Waals surface area contributed by atoms with Crippen molar-refractivity contribution in [2.45, 2.75) is 32.2 Å². The molecule has 122 valence electrons. The Balaban J connectivity index is 1.52. The molecule has 1 fully saturated rings. The first-order valence-corrected chi connectivity index (χ1v) is 8.78. The number of anilines is 1. The molecule has 1 amide bonds. The fraction of sp³-hybridized carbons (Fsp3) is 0.412. The summed E-state index contributed by atoms with van der Waals surface area (Å²) in [6.07, 6.45) is 3.97. The monoisotopic (exact) mass is 333 g/mol. The lowest BCUT2D eigenvalue weighted by Gasteiger charge is -2.25. The van der Waals surface area contributed by atoms with E-state index in [1.807, 2.05) is 5.38 Å². The third-order valence-corrected chi connectivity index (χ3v) is 4.69. The summed E-state index contributed by atoms with van der Waals surface area (Å²) >= 11 is 1.44. The fourth-order valence-electron chi connectivity index (χ4n) is 2.78. The first-order valence-electron chi connectivity index (χ1n) is 7.90. The van der Waals surface area contributed by atoms with Crippen molar-refractivity contribution in [3.63, 3.8) is 0 Å². The van der Waals surface area contributed by atoms with E-state index in [0.717, 1.165) is 25.3 Å². The molecule has 1 aliphatic rings. The van der Waals surface area contributed by atoms with E-state index in [1.165, 1.54) is 42.7 Å². The quantitative estimate of drug-likeness (QED) is 0.911. The molecule has 2 heterocycles. The zero-order valence-corrected chi connectivity index (χ0v) is 13.7. The highest BCUT2D eigenvalue weighted by Gasteiger charge is 2.13. The SMILES string of the molecule is O=C(Cc1cccc(F)c1)Nc1nc(CN2CCCCC2)cs1. The summed E-state index contributed by atoms with van der Waals surface area (Å²) < 4.78 is 13.1. The van der Waals surface area contributed by atoms with Gasteiger partial charge in [-0.3, -0.25) is 9.69 Å². The standard InChI is InChI=1S/C17H20FN3OS/c18-14-6-4-5-13(9-14)10-16(22)20-17-19-15(12-23-17)11-21-7-2-1-3-8-21/h4-6,9,12H,1-3,7-8,10-11H2,(H,19,20,22). The van der Waals surface area contributed by atoms with E-state index in [-0.39, 0.29) is 18.1 Å². The number of carbonyl (C=O) groups is 1. The van der Waals surface area contributed by atoms with Gasteiger partial charge in [0.2, 0.25) is 5.91 Å². The molecule has 0 aliphatic carbocycles. The van der Waals surface area contributed by atoms with Gasteiger partial charge in [-0.25, -0.2) is 9.37 Å². The maximum atomic E-state index is 13.1. The van der Waals surface area contributed by atoms with Crippen LogP contribution in [0, 0.1) is 5.82 Å². The van der Waals surface area contributed by atoms with E-state index in [4.69, 9.17) is 0 Å². The fourth-order valence-corrected chi connectivity index (χ4v) is 3.50. The Hall–Kier alpha value is -1.79. The Labute approximate surface area is 139 Å². The highest BCUT2D eigenvalue weighted by Crippen LogP contribution is 2.19. The van der Waals surface area contributed by atoms with E-state index in [1.54, 1.807) is 12.1 Å². The van der Waals surface area contributed by atoms with Crippen molar-refractivity contribution in [2.24, 2.45) is 0 Å². The Kier molecular flexibility index (Phi) is 5.35. The van der Waals surface area contributed by atoms with Crippen LogP contribution in [0.4, 0.5) is 9.52 Å². The topological polar surface area (TPSA) is 45.2 Å². The average Bonchev–Trinajstić information content (AvgIpc) is 2.95. The van der Waals surface area contributed by atoms with Crippen molar-refractivity contribution >= 4 is 22.4 Å². The maximum Gasteiger partial charge on any atom is 0.230 e. The Morgan fingerprint density at radius 2 is 2.13 bits per heavy atom. The smallest absolute Gasteiger partial charge is 0.230 e. The van der Waals surface area contributed by atoms with Crippen LogP contribution < -0.4 is 5.32 Å². The van der Waals surface area contributed by atoms with E-state index in [9.17, 15) is 9.18 Å². The molecule has 0 saturated carbocycles. The van der Waals surface area contributed by atoms with E-state index in [2.05, 4.69) is 15.2 Å². The van der Waals surface area contributed by atoms with Crippen LogP contribution in [0.15, 0.2) is 29.6 Å². The van der Waals surface area contributed by atoms with Crippen LogP contribution in [0.1, 0.15) is 30.5 Å². The number of nitrogens with one attached hydrogen (secondary N) is 1. The Morgan fingerprint density at radius 1 is 1.30 bits per heavy atom. The van der Waals surface area contributed by atoms with Crippen LogP contribution in [0.5, 0.6) is 0 Å². The van der Waals surface area contributed by atoms with Crippen LogP contribution in [-0.2, 0) is 17.8 Å². The Bertz CT molecular complexity index is 667. The molecule has 0 atom stereocenters. The molecule has 0 bridgehead atoms. The second kappa shape index (κ2) is 7.66. The molecule has 1 aromatic carbocycles. The highest BCUT2D eigenvalue weighted by atomic mass is 32.1. The molecule has 0 radical (unpaired) electrons. The van der Waals surface area contributed by atoms with Crippen LogP contribution in [-0.4, -0.2) is 28.9 Å². The van der Waals surface area contributed by atoms with Gasteiger partial charge >= 0.3 is 0 Å². The first-order chi connectivity index (χ1) is 11.2. The summed E-state index contributed by atoms with van der Waals surface area (Å²) in [6.45, 7) is 3.09. The number of halogens is 1. The number of hydrogen-bond donors (Lipinski definition) is 1. The second-order valence-corrected chi connectivity index (χ2v) is 6.69. The van der Waals surface area contributed by atoms with Gasteiger partial charge in [0.1, 0.15) is 5.82 Å². The van der Waals surface area contributed by atoms with E-state index >= 15 is 0 Å². The molecule has 1 N–H and O–H groups in total. The van der Waals surface area contributed by atoms with Crippen LogP contribution in [0.3, 0.4) is 0 Å². The number of likely N-dealkylation sites (tertiary alicyclic amines) is 1. The molecular weight excluding hydrogens is 313 g/mol. The van der Waals surface area contributed by atoms with E-state index < -0.39 is 0 Å². The number of carbonyl (C=O) groups excluding carboxylic acids is 1. The summed E-state index contributed by atoms with van der Waals surface area (Å²) in [6, 6.07) is 6.10. The number of rotatable bonds is 5.